The third-order valence-electron chi connectivity index (χ3n) is 5.32. The minimum absolute atomic E-state index is 0.475. The number of hydrogen-bond donors (Lipinski definition) is 1. The lowest BCUT2D eigenvalue weighted by molar-refractivity contribution is -0.0276. The number of halogens is 1. The summed E-state index contributed by atoms with van der Waals surface area (Å²) < 4.78 is 65.3. The molecule has 0 fully saturated rings. The fourth-order valence-electron chi connectivity index (χ4n) is 3.14. The molecular formula is C30H54ClNO12. The van der Waals surface area contributed by atoms with Crippen LogP contribution in [-0.4, -0.2) is 158 Å². The van der Waals surface area contributed by atoms with Crippen LogP contribution in [0.3, 0.4) is 0 Å². The van der Waals surface area contributed by atoms with Gasteiger partial charge in [0.05, 0.1) is 145 Å². The normalized spacial score (nSPS) is 11.4. The van der Waals surface area contributed by atoms with E-state index in [4.69, 9.17) is 74.2 Å². The molecule has 2 N–H and O–H groups in total. The van der Waals surface area contributed by atoms with Gasteiger partial charge in [0.2, 0.25) is 0 Å². The van der Waals surface area contributed by atoms with Gasteiger partial charge >= 0.3 is 0 Å². The summed E-state index contributed by atoms with van der Waals surface area (Å²) in [7, 11) is 0. The summed E-state index contributed by atoms with van der Waals surface area (Å²) in [4.78, 5) is 0. The SMILES string of the molecule is Nc1ccc(OCCOCCOCCOCCOCCOCCOCCOCCOCCOCCOCCOCCCl)cc1. The van der Waals surface area contributed by atoms with Gasteiger partial charge < -0.3 is 62.6 Å². The van der Waals surface area contributed by atoms with Gasteiger partial charge in [-0.1, -0.05) is 0 Å². The fourth-order valence-corrected chi connectivity index (χ4v) is 3.25. The molecule has 0 saturated heterocycles. The lowest BCUT2D eigenvalue weighted by Gasteiger charge is -2.09. The first-order chi connectivity index (χ1) is 21.8. The van der Waals surface area contributed by atoms with Gasteiger partial charge in [-0.05, 0) is 24.3 Å². The van der Waals surface area contributed by atoms with Crippen LogP contribution in [0, 0.1) is 0 Å². The average Bonchev–Trinajstić information content (AvgIpc) is 3.03. The van der Waals surface area contributed by atoms with Crippen molar-refractivity contribution in [3.8, 4) is 5.75 Å². The van der Waals surface area contributed by atoms with Crippen molar-refractivity contribution < 1.29 is 56.8 Å². The van der Waals surface area contributed by atoms with Crippen LogP contribution < -0.4 is 10.5 Å². The van der Waals surface area contributed by atoms with Gasteiger partial charge in [0.1, 0.15) is 12.4 Å². The maximum absolute atomic E-state index is 5.64. The number of rotatable bonds is 36. The number of anilines is 1. The molecule has 0 bridgehead atoms. The number of nitrogens with two attached hydrogens (primary N) is 1. The molecular weight excluding hydrogens is 602 g/mol. The molecule has 0 unspecified atom stereocenters. The van der Waals surface area contributed by atoms with Gasteiger partial charge in [-0.25, -0.2) is 0 Å². The molecule has 258 valence electrons. The lowest BCUT2D eigenvalue weighted by atomic mass is 10.3. The lowest BCUT2D eigenvalue weighted by Crippen LogP contribution is -2.15. The van der Waals surface area contributed by atoms with E-state index in [0.29, 0.717) is 164 Å². The van der Waals surface area contributed by atoms with Gasteiger partial charge in [0, 0.05) is 11.6 Å². The second kappa shape index (κ2) is 34.5. The third kappa shape index (κ3) is 30.7. The van der Waals surface area contributed by atoms with Crippen molar-refractivity contribution in [2.24, 2.45) is 0 Å². The molecule has 44 heavy (non-hydrogen) atoms. The Morgan fingerprint density at radius 1 is 0.341 bits per heavy atom. The zero-order valence-corrected chi connectivity index (χ0v) is 26.9. The van der Waals surface area contributed by atoms with E-state index in [1.807, 2.05) is 12.1 Å². The minimum Gasteiger partial charge on any atom is -0.491 e. The fraction of sp³-hybridized carbons (Fsp3) is 0.800. The second-order valence-electron chi connectivity index (χ2n) is 8.84. The van der Waals surface area contributed by atoms with E-state index in [1.165, 1.54) is 0 Å². The van der Waals surface area contributed by atoms with Gasteiger partial charge in [-0.15, -0.1) is 11.6 Å². The van der Waals surface area contributed by atoms with Gasteiger partial charge in [-0.3, -0.25) is 0 Å². The maximum atomic E-state index is 5.64. The Kier molecular flexibility index (Phi) is 31.9. The van der Waals surface area contributed by atoms with E-state index < -0.39 is 0 Å². The zero-order valence-electron chi connectivity index (χ0n) is 26.1. The summed E-state index contributed by atoms with van der Waals surface area (Å²) in [5.41, 5.74) is 6.35. The molecule has 0 aliphatic carbocycles. The maximum Gasteiger partial charge on any atom is 0.119 e. The molecule has 0 atom stereocenters. The Balaban J connectivity index is 1.62. The van der Waals surface area contributed by atoms with Crippen LogP contribution in [0.5, 0.6) is 5.75 Å². The molecule has 0 aliphatic rings. The van der Waals surface area contributed by atoms with E-state index in [-0.39, 0.29) is 0 Å². The van der Waals surface area contributed by atoms with Gasteiger partial charge in [-0.2, -0.15) is 0 Å². The van der Waals surface area contributed by atoms with Crippen LogP contribution in [0.15, 0.2) is 24.3 Å². The third-order valence-corrected chi connectivity index (χ3v) is 5.47. The molecule has 13 nitrogen and oxygen atoms in total. The number of nitrogen functional groups attached to an aromatic ring is 1. The summed E-state index contributed by atoms with van der Waals surface area (Å²) in [6.45, 7) is 11.8. The standard InChI is InChI=1S/C30H54ClNO12/c31-5-6-33-7-8-34-9-10-35-11-12-36-13-14-37-15-16-38-17-18-39-19-20-40-21-22-41-23-24-42-25-26-43-27-28-44-30-3-1-29(32)2-4-30/h1-4H,5-28,32H2. The highest BCUT2D eigenvalue weighted by Gasteiger charge is 1.97. The van der Waals surface area contributed by atoms with Crippen molar-refractivity contribution in [3.63, 3.8) is 0 Å². The zero-order chi connectivity index (χ0) is 31.4. The quantitative estimate of drug-likeness (QED) is 0.0642. The number of alkyl halides is 1. The van der Waals surface area contributed by atoms with E-state index in [1.54, 1.807) is 12.1 Å². The summed E-state index contributed by atoms with van der Waals surface area (Å²) in [6, 6.07) is 7.26. The van der Waals surface area contributed by atoms with Crippen molar-refractivity contribution >= 4 is 17.3 Å². The smallest absolute Gasteiger partial charge is 0.119 e. The number of benzene rings is 1. The molecule has 0 aromatic heterocycles. The predicted octanol–water partition coefficient (Wildman–Crippen LogP) is 2.07. The molecule has 0 aliphatic heterocycles. The van der Waals surface area contributed by atoms with Crippen LogP contribution in [0.4, 0.5) is 5.69 Å². The Hall–Kier alpha value is -1.33. The summed E-state index contributed by atoms with van der Waals surface area (Å²) >= 11 is 5.51. The van der Waals surface area contributed by atoms with Gasteiger partial charge in [0.25, 0.3) is 0 Å². The topological polar surface area (TPSA) is 137 Å². The molecule has 1 aromatic rings. The molecule has 0 heterocycles. The number of hydrogen-bond acceptors (Lipinski definition) is 13. The summed E-state index contributed by atoms with van der Waals surface area (Å²) in [5, 5.41) is 0. The molecule has 0 radical (unpaired) electrons. The molecule has 1 rings (SSSR count). The van der Waals surface area contributed by atoms with Crippen LogP contribution in [0.2, 0.25) is 0 Å². The van der Waals surface area contributed by atoms with E-state index in [0.717, 1.165) is 5.75 Å². The highest BCUT2D eigenvalue weighted by atomic mass is 35.5. The van der Waals surface area contributed by atoms with Gasteiger partial charge in [0.15, 0.2) is 0 Å². The van der Waals surface area contributed by atoms with Crippen molar-refractivity contribution in [1.82, 2.24) is 0 Å². The van der Waals surface area contributed by atoms with E-state index >= 15 is 0 Å². The second-order valence-corrected chi connectivity index (χ2v) is 9.22. The van der Waals surface area contributed by atoms with E-state index in [9.17, 15) is 0 Å². The van der Waals surface area contributed by atoms with Crippen molar-refractivity contribution in [2.75, 3.05) is 164 Å². The van der Waals surface area contributed by atoms with Crippen LogP contribution >= 0.6 is 11.6 Å². The first-order valence-corrected chi connectivity index (χ1v) is 15.8. The van der Waals surface area contributed by atoms with Crippen LogP contribution in [-0.2, 0) is 52.1 Å². The minimum atomic E-state index is 0.475. The largest absolute Gasteiger partial charge is 0.491 e. The van der Waals surface area contributed by atoms with Crippen molar-refractivity contribution in [2.45, 2.75) is 0 Å². The average molecular weight is 656 g/mol. The van der Waals surface area contributed by atoms with Crippen LogP contribution in [0.1, 0.15) is 0 Å². The monoisotopic (exact) mass is 655 g/mol. The Morgan fingerprint density at radius 3 is 0.818 bits per heavy atom. The highest BCUT2D eigenvalue weighted by molar-refractivity contribution is 6.17. The summed E-state index contributed by atoms with van der Waals surface area (Å²) in [6.07, 6.45) is 0. The molecule has 14 heteroatoms. The Bertz CT molecular complexity index is 692. The van der Waals surface area contributed by atoms with Crippen LogP contribution in [0.25, 0.3) is 0 Å². The first-order valence-electron chi connectivity index (χ1n) is 15.2. The molecule has 0 amide bonds. The molecule has 0 spiro atoms. The van der Waals surface area contributed by atoms with E-state index in [2.05, 4.69) is 0 Å². The molecule has 0 saturated carbocycles. The predicted molar refractivity (Wildman–Crippen MR) is 166 cm³/mol. The Morgan fingerprint density at radius 2 is 0.568 bits per heavy atom. The van der Waals surface area contributed by atoms with Crippen molar-refractivity contribution in [3.05, 3.63) is 24.3 Å². The summed E-state index contributed by atoms with van der Waals surface area (Å²) in [5.74, 6) is 1.27. The highest BCUT2D eigenvalue weighted by Crippen LogP contribution is 2.12. The van der Waals surface area contributed by atoms with Crippen molar-refractivity contribution in [1.29, 1.82) is 0 Å². The number of ether oxygens (including phenoxy) is 12. The first kappa shape index (κ1) is 40.7. The molecule has 1 aromatic carbocycles. The Labute approximate surface area is 267 Å².